The van der Waals surface area contributed by atoms with E-state index in [0.29, 0.717) is 16.7 Å². The Morgan fingerprint density at radius 1 is 1.56 bits per heavy atom. The van der Waals surface area contributed by atoms with E-state index >= 15 is 0 Å². The predicted molar refractivity (Wildman–Crippen MR) is 67.6 cm³/mol. The summed E-state index contributed by atoms with van der Waals surface area (Å²) in [6.45, 7) is 4.17. The molecule has 0 radical (unpaired) electrons. The summed E-state index contributed by atoms with van der Waals surface area (Å²) in [6, 6.07) is 4.87. The molecular weight excluding hydrogens is 274 g/mol. The average molecular weight is 288 g/mol. The minimum atomic E-state index is -0.420. The van der Waals surface area contributed by atoms with Gasteiger partial charge in [0, 0.05) is 22.6 Å². The minimum absolute atomic E-state index is 0.0404. The fourth-order valence-electron chi connectivity index (χ4n) is 1.13. The van der Waals surface area contributed by atoms with Gasteiger partial charge in [-0.15, -0.1) is 0 Å². The monoisotopic (exact) mass is 287 g/mol. The second-order valence-electron chi connectivity index (χ2n) is 4.26. The van der Waals surface area contributed by atoms with Crippen LogP contribution < -0.4 is 11.1 Å². The van der Waals surface area contributed by atoms with E-state index in [9.17, 15) is 10.1 Å². The minimum Gasteiger partial charge on any atom is -0.378 e. The van der Waals surface area contributed by atoms with E-state index in [1.54, 1.807) is 12.1 Å². The number of hydrogen-bond donors (Lipinski definition) is 2. The molecule has 0 saturated carbocycles. The molecule has 16 heavy (non-hydrogen) atoms. The van der Waals surface area contributed by atoms with Crippen molar-refractivity contribution in [1.82, 2.24) is 0 Å². The standard InChI is InChI=1S/C10H14BrN3O2/c1-10(2,12)6-13-8-4-3-7(11)5-9(8)14(15)16/h3-5,13H,6,12H2,1-2H3. The van der Waals surface area contributed by atoms with Crippen LogP contribution in [0.4, 0.5) is 11.4 Å². The number of nitro benzene ring substituents is 1. The van der Waals surface area contributed by atoms with E-state index < -0.39 is 10.5 Å². The highest BCUT2D eigenvalue weighted by Gasteiger charge is 2.16. The maximum absolute atomic E-state index is 10.8. The number of nitro groups is 1. The second kappa shape index (κ2) is 4.80. The predicted octanol–water partition coefficient (Wildman–Crippen LogP) is 2.51. The van der Waals surface area contributed by atoms with Crippen LogP contribution in [-0.2, 0) is 0 Å². The summed E-state index contributed by atoms with van der Waals surface area (Å²) < 4.78 is 0.678. The van der Waals surface area contributed by atoms with Gasteiger partial charge in [0.2, 0.25) is 0 Å². The van der Waals surface area contributed by atoms with Gasteiger partial charge in [-0.25, -0.2) is 0 Å². The van der Waals surface area contributed by atoms with Crippen molar-refractivity contribution in [1.29, 1.82) is 0 Å². The molecule has 0 unspecified atom stereocenters. The quantitative estimate of drug-likeness (QED) is 0.659. The Morgan fingerprint density at radius 3 is 2.69 bits per heavy atom. The van der Waals surface area contributed by atoms with Crippen molar-refractivity contribution >= 4 is 27.3 Å². The third kappa shape index (κ3) is 3.79. The van der Waals surface area contributed by atoms with E-state index in [1.165, 1.54) is 6.07 Å². The Labute approximate surface area is 102 Å². The van der Waals surface area contributed by atoms with Crippen LogP contribution in [0.15, 0.2) is 22.7 Å². The zero-order valence-electron chi connectivity index (χ0n) is 9.16. The van der Waals surface area contributed by atoms with Gasteiger partial charge in [0.15, 0.2) is 0 Å². The molecule has 6 heteroatoms. The van der Waals surface area contributed by atoms with Gasteiger partial charge in [0.1, 0.15) is 5.69 Å². The molecule has 1 rings (SSSR count). The van der Waals surface area contributed by atoms with Gasteiger partial charge < -0.3 is 11.1 Å². The summed E-state index contributed by atoms with van der Waals surface area (Å²) in [5, 5.41) is 13.8. The number of nitrogens with two attached hydrogens (primary N) is 1. The molecular formula is C10H14BrN3O2. The van der Waals surface area contributed by atoms with E-state index in [4.69, 9.17) is 5.73 Å². The van der Waals surface area contributed by atoms with Crippen LogP contribution in [0, 0.1) is 10.1 Å². The highest BCUT2D eigenvalue weighted by molar-refractivity contribution is 9.10. The maximum atomic E-state index is 10.8. The Kier molecular flexibility index (Phi) is 3.88. The first-order valence-electron chi connectivity index (χ1n) is 4.76. The second-order valence-corrected chi connectivity index (χ2v) is 5.18. The van der Waals surface area contributed by atoms with Gasteiger partial charge in [-0.1, -0.05) is 15.9 Å². The average Bonchev–Trinajstić information content (AvgIpc) is 2.14. The van der Waals surface area contributed by atoms with Gasteiger partial charge in [-0.05, 0) is 26.0 Å². The molecule has 0 aliphatic carbocycles. The summed E-state index contributed by atoms with van der Waals surface area (Å²) in [7, 11) is 0. The van der Waals surface area contributed by atoms with Crippen molar-refractivity contribution in [3.63, 3.8) is 0 Å². The summed E-state index contributed by atoms with van der Waals surface area (Å²) in [5.74, 6) is 0. The molecule has 0 amide bonds. The van der Waals surface area contributed by atoms with Crippen LogP contribution in [0.3, 0.4) is 0 Å². The third-order valence-corrected chi connectivity index (χ3v) is 2.38. The number of halogens is 1. The Morgan fingerprint density at radius 2 is 2.19 bits per heavy atom. The lowest BCUT2D eigenvalue weighted by atomic mass is 10.1. The summed E-state index contributed by atoms with van der Waals surface area (Å²) in [6.07, 6.45) is 0. The zero-order chi connectivity index (χ0) is 12.3. The number of rotatable bonds is 4. The Hall–Kier alpha value is -1.14. The van der Waals surface area contributed by atoms with Gasteiger partial charge in [0.05, 0.1) is 4.92 Å². The molecule has 0 saturated heterocycles. The van der Waals surface area contributed by atoms with E-state index in [0.717, 1.165) is 0 Å². The first kappa shape index (κ1) is 12.9. The first-order chi connectivity index (χ1) is 7.29. The molecule has 1 aromatic carbocycles. The summed E-state index contributed by atoms with van der Waals surface area (Å²) in [4.78, 5) is 10.4. The van der Waals surface area contributed by atoms with Crippen LogP contribution in [0.2, 0.25) is 0 Å². The smallest absolute Gasteiger partial charge is 0.293 e. The molecule has 0 heterocycles. The molecule has 0 bridgehead atoms. The van der Waals surface area contributed by atoms with Crippen molar-refractivity contribution in [3.05, 3.63) is 32.8 Å². The number of nitrogens with zero attached hydrogens (tertiary/aromatic N) is 1. The van der Waals surface area contributed by atoms with Crippen molar-refractivity contribution in [2.24, 2.45) is 5.73 Å². The molecule has 5 nitrogen and oxygen atoms in total. The molecule has 0 aliphatic rings. The Balaban J connectivity index is 2.91. The maximum Gasteiger partial charge on any atom is 0.293 e. The van der Waals surface area contributed by atoms with Crippen molar-refractivity contribution in [2.75, 3.05) is 11.9 Å². The molecule has 88 valence electrons. The topological polar surface area (TPSA) is 81.2 Å². The van der Waals surface area contributed by atoms with Crippen molar-refractivity contribution in [3.8, 4) is 0 Å². The van der Waals surface area contributed by atoms with E-state index in [1.807, 2.05) is 13.8 Å². The number of hydrogen-bond acceptors (Lipinski definition) is 4. The molecule has 0 fully saturated rings. The number of benzene rings is 1. The lowest BCUT2D eigenvalue weighted by Gasteiger charge is -2.19. The third-order valence-electron chi connectivity index (χ3n) is 1.89. The van der Waals surface area contributed by atoms with Crippen LogP contribution in [-0.4, -0.2) is 17.0 Å². The van der Waals surface area contributed by atoms with Crippen LogP contribution in [0.25, 0.3) is 0 Å². The molecule has 1 aromatic rings. The molecule has 0 aliphatic heterocycles. The number of nitrogens with one attached hydrogen (secondary N) is 1. The van der Waals surface area contributed by atoms with Crippen LogP contribution in [0.5, 0.6) is 0 Å². The highest BCUT2D eigenvalue weighted by atomic mass is 79.9. The fourth-order valence-corrected chi connectivity index (χ4v) is 1.48. The lowest BCUT2D eigenvalue weighted by molar-refractivity contribution is -0.384. The lowest BCUT2D eigenvalue weighted by Crippen LogP contribution is -2.39. The van der Waals surface area contributed by atoms with Crippen molar-refractivity contribution < 1.29 is 4.92 Å². The summed E-state index contributed by atoms with van der Waals surface area (Å²) in [5.41, 5.74) is 5.90. The van der Waals surface area contributed by atoms with Crippen LogP contribution >= 0.6 is 15.9 Å². The summed E-state index contributed by atoms with van der Waals surface area (Å²) >= 11 is 3.20. The fraction of sp³-hybridized carbons (Fsp3) is 0.400. The van der Waals surface area contributed by atoms with Gasteiger partial charge in [-0.3, -0.25) is 10.1 Å². The van der Waals surface area contributed by atoms with Gasteiger partial charge in [-0.2, -0.15) is 0 Å². The van der Waals surface area contributed by atoms with Gasteiger partial charge in [0.25, 0.3) is 5.69 Å². The normalized spacial score (nSPS) is 11.2. The van der Waals surface area contributed by atoms with Crippen LogP contribution in [0.1, 0.15) is 13.8 Å². The van der Waals surface area contributed by atoms with E-state index in [-0.39, 0.29) is 5.69 Å². The SMILES string of the molecule is CC(C)(N)CNc1ccc(Br)cc1[N+](=O)[O-]. The molecule has 3 N–H and O–H groups in total. The molecule has 0 spiro atoms. The largest absolute Gasteiger partial charge is 0.378 e. The van der Waals surface area contributed by atoms with E-state index in [2.05, 4.69) is 21.2 Å². The van der Waals surface area contributed by atoms with Gasteiger partial charge >= 0.3 is 0 Å². The zero-order valence-corrected chi connectivity index (χ0v) is 10.7. The van der Waals surface area contributed by atoms with Crippen molar-refractivity contribution in [2.45, 2.75) is 19.4 Å². The Bertz CT molecular complexity index is 402. The first-order valence-corrected chi connectivity index (χ1v) is 5.55. The molecule has 0 aromatic heterocycles. The highest BCUT2D eigenvalue weighted by Crippen LogP contribution is 2.28. The number of anilines is 1. The molecule has 0 atom stereocenters.